The van der Waals surface area contributed by atoms with E-state index >= 15 is 0 Å². The number of carbonyl (C=O) groups excluding carboxylic acids is 4. The lowest BCUT2D eigenvalue weighted by atomic mass is 10.0. The quantitative estimate of drug-likeness (QED) is 0.189. The van der Waals surface area contributed by atoms with E-state index in [9.17, 15) is 19.2 Å². The number of amides is 2. The summed E-state index contributed by atoms with van der Waals surface area (Å²) in [6.45, 7) is 0.00904. The smallest absolute Gasteiger partial charge is 0.419 e. The number of alkyl carbamates (subject to hydrolysis) is 1. The molecule has 0 saturated heterocycles. The molecule has 0 bridgehead atoms. The van der Waals surface area contributed by atoms with Crippen molar-refractivity contribution in [1.29, 1.82) is 0 Å². The van der Waals surface area contributed by atoms with Crippen molar-refractivity contribution in [3.63, 3.8) is 0 Å². The Morgan fingerprint density at radius 1 is 0.721 bits per heavy atom. The van der Waals surface area contributed by atoms with Gasteiger partial charge >= 0.3 is 18.2 Å². The van der Waals surface area contributed by atoms with Gasteiger partial charge in [0.25, 0.3) is 0 Å². The minimum Gasteiger partial charge on any atom is -0.467 e. The first-order chi connectivity index (χ1) is 20.9. The number of hydrogen-bond acceptors (Lipinski definition) is 8. The summed E-state index contributed by atoms with van der Waals surface area (Å²) >= 11 is 0. The molecule has 2 amide bonds. The summed E-state index contributed by atoms with van der Waals surface area (Å²) in [7, 11) is 1.22. The van der Waals surface area contributed by atoms with Crippen LogP contribution in [0.1, 0.15) is 22.4 Å². The van der Waals surface area contributed by atoms with Crippen molar-refractivity contribution < 1.29 is 33.4 Å². The molecule has 0 unspecified atom stereocenters. The zero-order valence-electron chi connectivity index (χ0n) is 23.6. The number of methoxy groups -OCH3 is 1. The monoisotopic (exact) mass is 584 g/mol. The number of aromatic nitrogens is 2. The first kappa shape index (κ1) is 30.5. The van der Waals surface area contributed by atoms with Crippen LogP contribution < -0.4 is 10.6 Å². The van der Waals surface area contributed by atoms with Gasteiger partial charge < -0.3 is 24.8 Å². The Bertz CT molecular complexity index is 1490. The molecule has 0 radical (unpaired) electrons. The number of esters is 1. The van der Waals surface area contributed by atoms with E-state index in [1.807, 2.05) is 78.9 Å². The fourth-order valence-electron chi connectivity index (χ4n) is 4.21. The fourth-order valence-corrected chi connectivity index (χ4v) is 4.21. The van der Waals surface area contributed by atoms with Crippen molar-refractivity contribution in [2.45, 2.75) is 38.1 Å². The molecule has 4 rings (SSSR count). The van der Waals surface area contributed by atoms with E-state index in [-0.39, 0.29) is 26.1 Å². The molecule has 0 aliphatic carbocycles. The molecule has 0 saturated carbocycles. The second-order valence-corrected chi connectivity index (χ2v) is 9.53. The van der Waals surface area contributed by atoms with Crippen molar-refractivity contribution in [3.8, 4) is 0 Å². The maximum absolute atomic E-state index is 13.6. The summed E-state index contributed by atoms with van der Waals surface area (Å²) in [6.07, 6.45) is 1.08. The van der Waals surface area contributed by atoms with Crippen LogP contribution in [0.15, 0.2) is 104 Å². The van der Waals surface area contributed by atoms with Crippen LogP contribution in [0.25, 0.3) is 0 Å². The van der Waals surface area contributed by atoms with Crippen molar-refractivity contribution in [2.75, 3.05) is 7.11 Å². The second kappa shape index (κ2) is 15.5. The van der Waals surface area contributed by atoms with Crippen LogP contribution >= 0.6 is 0 Å². The molecular weight excluding hydrogens is 552 g/mol. The van der Waals surface area contributed by atoms with Crippen molar-refractivity contribution >= 4 is 24.1 Å². The third-order valence-corrected chi connectivity index (χ3v) is 6.44. The molecule has 11 heteroatoms. The average Bonchev–Trinajstić information content (AvgIpc) is 3.51. The molecular formula is C32H32N4O7. The van der Waals surface area contributed by atoms with E-state index in [1.54, 1.807) is 12.1 Å². The zero-order valence-corrected chi connectivity index (χ0v) is 23.6. The number of benzene rings is 3. The average molecular weight is 585 g/mol. The highest BCUT2D eigenvalue weighted by Gasteiger charge is 2.29. The van der Waals surface area contributed by atoms with Crippen molar-refractivity contribution in [1.82, 2.24) is 20.2 Å². The van der Waals surface area contributed by atoms with Crippen LogP contribution in [0.5, 0.6) is 0 Å². The van der Waals surface area contributed by atoms with Crippen molar-refractivity contribution in [3.05, 3.63) is 126 Å². The molecule has 1 heterocycles. The minimum absolute atomic E-state index is 0.0243. The van der Waals surface area contributed by atoms with Gasteiger partial charge in [-0.05, 0) is 16.7 Å². The highest BCUT2D eigenvalue weighted by atomic mass is 16.6. The standard InChI is InChI=1S/C32H32N4O7/c1-41-30(38)28(17-23-11-5-2-6-12-23)34-29(37)27(35-31(39)42-20-24-13-7-3-8-14-24)18-26-19-33-22-36(26)32(40)43-21-25-15-9-4-10-16-25/h2-16,19,22,27-28H,17-18,20-21H2,1H3,(H,34,37)(H,35,39)/t27-,28-/m0/s1. The number of imidazole rings is 1. The summed E-state index contributed by atoms with van der Waals surface area (Å²) in [5.41, 5.74) is 2.64. The van der Waals surface area contributed by atoms with Gasteiger partial charge in [0, 0.05) is 19.0 Å². The Balaban J connectivity index is 1.49. The van der Waals surface area contributed by atoms with Gasteiger partial charge in [-0.15, -0.1) is 0 Å². The summed E-state index contributed by atoms with van der Waals surface area (Å²) in [5.74, 6) is -1.34. The number of ether oxygens (including phenoxy) is 3. The van der Waals surface area contributed by atoms with E-state index in [0.717, 1.165) is 21.3 Å². The Hall–Kier alpha value is -5.45. The molecule has 2 atom stereocenters. The first-order valence-electron chi connectivity index (χ1n) is 13.5. The summed E-state index contributed by atoms with van der Waals surface area (Å²) in [5, 5.41) is 5.23. The summed E-state index contributed by atoms with van der Waals surface area (Å²) in [4.78, 5) is 55.8. The number of rotatable bonds is 12. The maximum Gasteiger partial charge on any atom is 0.419 e. The lowest BCUT2D eigenvalue weighted by molar-refractivity contribution is -0.145. The third-order valence-electron chi connectivity index (χ3n) is 6.44. The molecule has 0 fully saturated rings. The lowest BCUT2D eigenvalue weighted by Crippen LogP contribution is -2.53. The Kier molecular flexibility index (Phi) is 11.0. The number of carbonyl (C=O) groups is 4. The number of nitrogens with one attached hydrogen (secondary N) is 2. The van der Waals surface area contributed by atoms with Crippen LogP contribution in [0, 0.1) is 0 Å². The van der Waals surface area contributed by atoms with Crippen LogP contribution in [-0.4, -0.2) is 52.8 Å². The SMILES string of the molecule is COC(=O)[C@H](Cc1ccccc1)NC(=O)[C@H](Cc1cncn1C(=O)OCc1ccccc1)NC(=O)OCc1ccccc1. The van der Waals surface area contributed by atoms with E-state index in [4.69, 9.17) is 14.2 Å². The highest BCUT2D eigenvalue weighted by Crippen LogP contribution is 2.10. The van der Waals surface area contributed by atoms with Crippen LogP contribution in [-0.2, 0) is 49.9 Å². The van der Waals surface area contributed by atoms with Gasteiger partial charge in [0.15, 0.2) is 0 Å². The van der Waals surface area contributed by atoms with Gasteiger partial charge in [0.2, 0.25) is 5.91 Å². The van der Waals surface area contributed by atoms with Crippen LogP contribution in [0.4, 0.5) is 9.59 Å². The third kappa shape index (κ3) is 9.28. The van der Waals surface area contributed by atoms with Crippen LogP contribution in [0.2, 0.25) is 0 Å². The van der Waals surface area contributed by atoms with Gasteiger partial charge in [-0.25, -0.2) is 23.9 Å². The minimum atomic E-state index is -1.25. The topological polar surface area (TPSA) is 138 Å². The van der Waals surface area contributed by atoms with E-state index in [1.165, 1.54) is 19.6 Å². The van der Waals surface area contributed by atoms with Crippen LogP contribution in [0.3, 0.4) is 0 Å². The molecule has 1 aromatic heterocycles. The summed E-state index contributed by atoms with van der Waals surface area (Å²) < 4.78 is 16.8. The highest BCUT2D eigenvalue weighted by molar-refractivity contribution is 5.90. The molecule has 0 aliphatic heterocycles. The Morgan fingerprint density at radius 3 is 1.86 bits per heavy atom. The molecule has 0 spiro atoms. The summed E-state index contributed by atoms with van der Waals surface area (Å²) in [6, 6.07) is 25.0. The number of nitrogens with zero attached hydrogens (tertiary/aromatic N) is 2. The maximum atomic E-state index is 13.6. The van der Waals surface area contributed by atoms with Gasteiger partial charge in [0.05, 0.1) is 12.8 Å². The molecule has 222 valence electrons. The second-order valence-electron chi connectivity index (χ2n) is 9.53. The first-order valence-corrected chi connectivity index (χ1v) is 13.5. The Labute approximate surface area is 248 Å². The molecule has 3 aromatic carbocycles. The largest absolute Gasteiger partial charge is 0.467 e. The molecule has 43 heavy (non-hydrogen) atoms. The predicted molar refractivity (Wildman–Crippen MR) is 156 cm³/mol. The molecule has 2 N–H and O–H groups in total. The lowest BCUT2D eigenvalue weighted by Gasteiger charge is -2.22. The van der Waals surface area contributed by atoms with Crippen molar-refractivity contribution in [2.24, 2.45) is 0 Å². The van der Waals surface area contributed by atoms with Gasteiger partial charge in [0.1, 0.15) is 31.6 Å². The normalized spacial score (nSPS) is 11.9. The fraction of sp³-hybridized carbons (Fsp3) is 0.219. The molecule has 11 nitrogen and oxygen atoms in total. The van der Waals surface area contributed by atoms with E-state index < -0.39 is 36.1 Å². The predicted octanol–water partition coefficient (Wildman–Crippen LogP) is 3.81. The molecule has 0 aliphatic rings. The molecule has 4 aromatic rings. The van der Waals surface area contributed by atoms with E-state index in [2.05, 4.69) is 15.6 Å². The zero-order chi connectivity index (χ0) is 30.4. The van der Waals surface area contributed by atoms with Gasteiger partial charge in [-0.3, -0.25) is 4.79 Å². The van der Waals surface area contributed by atoms with Gasteiger partial charge in [-0.1, -0.05) is 91.0 Å². The number of hydrogen-bond donors (Lipinski definition) is 2. The van der Waals surface area contributed by atoms with E-state index in [0.29, 0.717) is 5.69 Å². The Morgan fingerprint density at radius 2 is 1.28 bits per heavy atom. The van der Waals surface area contributed by atoms with Gasteiger partial charge in [-0.2, -0.15) is 0 Å².